The fourth-order valence-electron chi connectivity index (χ4n) is 2.69. The first-order valence-electron chi connectivity index (χ1n) is 7.64. The molecule has 3 rings (SSSR count). The molecule has 0 saturated carbocycles. The summed E-state index contributed by atoms with van der Waals surface area (Å²) in [6.07, 6.45) is 1.76. The van der Waals surface area contributed by atoms with E-state index >= 15 is 0 Å². The molecule has 0 saturated heterocycles. The molecule has 0 aliphatic rings. The zero-order valence-electron chi connectivity index (χ0n) is 13.8. The van der Waals surface area contributed by atoms with Crippen LogP contribution in [-0.2, 0) is 10.2 Å². The van der Waals surface area contributed by atoms with E-state index in [1.165, 1.54) is 12.1 Å². The lowest BCUT2D eigenvalue weighted by Gasteiger charge is -2.23. The predicted molar refractivity (Wildman–Crippen MR) is 92.9 cm³/mol. The topological polar surface area (TPSA) is 54.1 Å². The minimum atomic E-state index is -0.827. The standard InChI is InChI=1S/C19H19FN2O2/c1-19(2,16-11-21-17-9-4-12(20)10-15(16)17)18(23)22-13-5-7-14(24-3)8-6-13/h4-11,21H,1-3H3,(H,22,23). The van der Waals surface area contributed by atoms with Crippen molar-refractivity contribution < 1.29 is 13.9 Å². The molecule has 0 fully saturated rings. The number of benzene rings is 2. The van der Waals surface area contributed by atoms with Gasteiger partial charge in [-0.25, -0.2) is 4.39 Å². The molecule has 24 heavy (non-hydrogen) atoms. The first kappa shape index (κ1) is 16.1. The monoisotopic (exact) mass is 326 g/mol. The molecular weight excluding hydrogens is 307 g/mol. The number of hydrogen-bond donors (Lipinski definition) is 2. The number of carbonyl (C=O) groups excluding carboxylic acids is 1. The van der Waals surface area contributed by atoms with Crippen LogP contribution < -0.4 is 10.1 Å². The van der Waals surface area contributed by atoms with Gasteiger partial charge < -0.3 is 15.0 Å². The molecule has 2 aromatic carbocycles. The largest absolute Gasteiger partial charge is 0.497 e. The maximum atomic E-state index is 13.6. The highest BCUT2D eigenvalue weighted by atomic mass is 19.1. The second-order valence-electron chi connectivity index (χ2n) is 6.20. The van der Waals surface area contributed by atoms with Gasteiger partial charge in [0.15, 0.2) is 0 Å². The molecule has 3 aromatic rings. The summed E-state index contributed by atoms with van der Waals surface area (Å²) < 4.78 is 18.7. The summed E-state index contributed by atoms with van der Waals surface area (Å²) in [5, 5.41) is 3.61. The van der Waals surface area contributed by atoms with Crippen molar-refractivity contribution in [3.05, 3.63) is 60.0 Å². The van der Waals surface area contributed by atoms with Gasteiger partial charge in [-0.1, -0.05) is 0 Å². The van der Waals surface area contributed by atoms with Crippen LogP contribution in [0.1, 0.15) is 19.4 Å². The summed E-state index contributed by atoms with van der Waals surface area (Å²) in [5.74, 6) is 0.229. The summed E-state index contributed by atoms with van der Waals surface area (Å²) >= 11 is 0. The Kier molecular flexibility index (Phi) is 4.01. The summed E-state index contributed by atoms with van der Waals surface area (Å²) in [6, 6.07) is 11.6. The number of anilines is 1. The first-order chi connectivity index (χ1) is 11.4. The molecular formula is C19H19FN2O2. The minimum absolute atomic E-state index is 0.169. The number of aromatic nitrogens is 1. The number of methoxy groups -OCH3 is 1. The number of H-pyrrole nitrogens is 1. The number of ether oxygens (including phenoxy) is 1. The number of halogens is 1. The molecule has 0 unspecified atom stereocenters. The molecule has 0 bridgehead atoms. The average molecular weight is 326 g/mol. The van der Waals surface area contributed by atoms with Crippen LogP contribution in [-0.4, -0.2) is 18.0 Å². The van der Waals surface area contributed by atoms with Gasteiger partial charge in [-0.3, -0.25) is 4.79 Å². The second kappa shape index (κ2) is 6.00. The lowest BCUT2D eigenvalue weighted by molar-refractivity contribution is -0.120. The van der Waals surface area contributed by atoms with Crippen LogP contribution in [0.15, 0.2) is 48.7 Å². The van der Waals surface area contributed by atoms with Crippen LogP contribution in [0.25, 0.3) is 10.9 Å². The van der Waals surface area contributed by atoms with Gasteiger partial charge in [0.25, 0.3) is 0 Å². The van der Waals surface area contributed by atoms with Gasteiger partial charge in [0.05, 0.1) is 12.5 Å². The molecule has 0 radical (unpaired) electrons. The SMILES string of the molecule is COc1ccc(NC(=O)C(C)(C)c2c[nH]c3ccc(F)cc23)cc1. The second-order valence-corrected chi connectivity index (χ2v) is 6.20. The van der Waals surface area contributed by atoms with Crippen molar-refractivity contribution in [2.45, 2.75) is 19.3 Å². The zero-order chi connectivity index (χ0) is 17.3. The lowest BCUT2D eigenvalue weighted by atomic mass is 9.83. The molecule has 2 N–H and O–H groups in total. The maximum Gasteiger partial charge on any atom is 0.234 e. The summed E-state index contributed by atoms with van der Waals surface area (Å²) in [7, 11) is 1.59. The molecule has 0 atom stereocenters. The van der Waals surface area contributed by atoms with Crippen molar-refractivity contribution in [1.82, 2.24) is 4.98 Å². The summed E-state index contributed by atoms with van der Waals surface area (Å²) in [5.41, 5.74) is 1.41. The molecule has 124 valence electrons. The van der Waals surface area contributed by atoms with E-state index in [9.17, 15) is 9.18 Å². The van der Waals surface area contributed by atoms with E-state index in [0.717, 1.165) is 16.8 Å². The lowest BCUT2D eigenvalue weighted by Crippen LogP contribution is -2.34. The van der Waals surface area contributed by atoms with E-state index in [4.69, 9.17) is 4.74 Å². The third-order valence-electron chi connectivity index (χ3n) is 4.23. The predicted octanol–water partition coefficient (Wildman–Crippen LogP) is 4.23. The van der Waals surface area contributed by atoms with Crippen molar-refractivity contribution in [3.63, 3.8) is 0 Å². The van der Waals surface area contributed by atoms with Crippen LogP contribution >= 0.6 is 0 Å². The van der Waals surface area contributed by atoms with E-state index in [2.05, 4.69) is 10.3 Å². The van der Waals surface area contributed by atoms with Crippen LogP contribution in [0.4, 0.5) is 10.1 Å². The van der Waals surface area contributed by atoms with E-state index in [-0.39, 0.29) is 11.7 Å². The van der Waals surface area contributed by atoms with Gasteiger partial charge in [0.2, 0.25) is 5.91 Å². The Morgan fingerprint density at radius 1 is 1.17 bits per heavy atom. The van der Waals surface area contributed by atoms with E-state index in [1.807, 2.05) is 13.8 Å². The third kappa shape index (κ3) is 2.85. The Bertz CT molecular complexity index is 882. The van der Waals surface area contributed by atoms with Gasteiger partial charge >= 0.3 is 0 Å². The highest BCUT2D eigenvalue weighted by molar-refractivity contribution is 6.01. The van der Waals surface area contributed by atoms with Crippen molar-refractivity contribution in [3.8, 4) is 5.75 Å². The van der Waals surface area contributed by atoms with Gasteiger partial charge in [0, 0.05) is 22.8 Å². The first-order valence-corrected chi connectivity index (χ1v) is 7.64. The highest BCUT2D eigenvalue weighted by Gasteiger charge is 2.32. The Morgan fingerprint density at radius 2 is 1.88 bits per heavy atom. The fraction of sp³-hybridized carbons (Fsp3) is 0.211. The van der Waals surface area contributed by atoms with Gasteiger partial charge in [-0.05, 0) is 61.9 Å². The maximum absolute atomic E-state index is 13.6. The molecule has 1 aromatic heterocycles. The van der Waals surface area contributed by atoms with Gasteiger partial charge in [-0.2, -0.15) is 0 Å². The van der Waals surface area contributed by atoms with Crippen molar-refractivity contribution in [2.24, 2.45) is 0 Å². The smallest absolute Gasteiger partial charge is 0.234 e. The average Bonchev–Trinajstić information content (AvgIpc) is 2.99. The van der Waals surface area contributed by atoms with E-state index in [1.54, 1.807) is 43.6 Å². The van der Waals surface area contributed by atoms with Crippen LogP contribution in [0, 0.1) is 5.82 Å². The number of aromatic amines is 1. The Balaban J connectivity index is 1.90. The van der Waals surface area contributed by atoms with Crippen molar-refractivity contribution in [1.29, 1.82) is 0 Å². The molecule has 1 amide bonds. The number of hydrogen-bond acceptors (Lipinski definition) is 2. The van der Waals surface area contributed by atoms with Gasteiger partial charge in [-0.15, -0.1) is 0 Å². The number of amides is 1. The van der Waals surface area contributed by atoms with Crippen LogP contribution in [0.5, 0.6) is 5.75 Å². The molecule has 0 aliphatic heterocycles. The number of nitrogens with one attached hydrogen (secondary N) is 2. The minimum Gasteiger partial charge on any atom is -0.497 e. The summed E-state index contributed by atoms with van der Waals surface area (Å²) in [4.78, 5) is 15.9. The number of carbonyl (C=O) groups is 1. The molecule has 0 spiro atoms. The molecule has 5 heteroatoms. The number of rotatable bonds is 4. The summed E-state index contributed by atoms with van der Waals surface area (Å²) in [6.45, 7) is 3.64. The highest BCUT2D eigenvalue weighted by Crippen LogP contribution is 2.32. The quantitative estimate of drug-likeness (QED) is 0.754. The zero-order valence-corrected chi connectivity index (χ0v) is 13.8. The molecule has 4 nitrogen and oxygen atoms in total. The normalized spacial score (nSPS) is 11.5. The van der Waals surface area contributed by atoms with E-state index in [0.29, 0.717) is 11.1 Å². The third-order valence-corrected chi connectivity index (χ3v) is 4.23. The molecule has 1 heterocycles. The Morgan fingerprint density at radius 3 is 2.54 bits per heavy atom. The Hall–Kier alpha value is -2.82. The van der Waals surface area contributed by atoms with Crippen molar-refractivity contribution >= 4 is 22.5 Å². The van der Waals surface area contributed by atoms with Crippen molar-refractivity contribution in [2.75, 3.05) is 12.4 Å². The van der Waals surface area contributed by atoms with E-state index < -0.39 is 5.41 Å². The number of fused-ring (bicyclic) bond motifs is 1. The van der Waals surface area contributed by atoms with Crippen LogP contribution in [0.3, 0.4) is 0 Å². The Labute approximate surface area is 139 Å². The van der Waals surface area contributed by atoms with Gasteiger partial charge in [0.1, 0.15) is 11.6 Å². The van der Waals surface area contributed by atoms with Crippen LogP contribution in [0.2, 0.25) is 0 Å². The molecule has 0 aliphatic carbocycles. The fourth-order valence-corrected chi connectivity index (χ4v) is 2.69.